The molecule has 5 nitrogen and oxygen atoms in total. The minimum atomic E-state index is -0.188. The second-order valence-electron chi connectivity index (χ2n) is 6.18. The molecule has 29 heavy (non-hydrogen) atoms. The normalized spacial score (nSPS) is 10.7. The molecular formula is C22H29FIN3O2. The molecule has 0 bridgehead atoms. The minimum Gasteiger partial charge on any atom is -0.493 e. The van der Waals surface area contributed by atoms with E-state index in [1.807, 2.05) is 18.2 Å². The fourth-order valence-electron chi connectivity index (χ4n) is 2.94. The molecule has 158 valence electrons. The first-order chi connectivity index (χ1) is 13.6. The summed E-state index contributed by atoms with van der Waals surface area (Å²) in [5, 5.41) is 6.47. The van der Waals surface area contributed by atoms with Crippen LogP contribution in [0, 0.1) is 5.82 Å². The predicted molar refractivity (Wildman–Crippen MR) is 127 cm³/mol. The van der Waals surface area contributed by atoms with E-state index < -0.39 is 0 Å². The topological polar surface area (TPSA) is 54.9 Å². The van der Waals surface area contributed by atoms with Crippen LogP contribution in [0.25, 0.3) is 0 Å². The second-order valence-corrected chi connectivity index (χ2v) is 6.18. The van der Waals surface area contributed by atoms with Crippen LogP contribution in [0.3, 0.4) is 0 Å². The fourth-order valence-corrected chi connectivity index (χ4v) is 2.94. The van der Waals surface area contributed by atoms with Gasteiger partial charge in [-0.3, -0.25) is 4.99 Å². The standard InChI is InChI=1S/C22H28FN3O2.HI/c1-5-8-18-13-16(14-20(27-3)21(18)28-4)15-26-22(24-2)25-12-11-17-9-6-7-10-19(17)23;/h5-7,9-10,13-14H,1,8,11-12,15H2,2-4H3,(H2,24,25,26);1H. The Labute approximate surface area is 189 Å². The lowest BCUT2D eigenvalue weighted by Crippen LogP contribution is -2.37. The molecule has 0 radical (unpaired) electrons. The van der Waals surface area contributed by atoms with Crippen LogP contribution in [-0.4, -0.2) is 33.8 Å². The number of nitrogens with zero attached hydrogens (tertiary/aromatic N) is 1. The largest absolute Gasteiger partial charge is 0.493 e. The van der Waals surface area contributed by atoms with Crippen LogP contribution in [0.1, 0.15) is 16.7 Å². The molecule has 0 saturated carbocycles. The van der Waals surface area contributed by atoms with E-state index in [0.29, 0.717) is 43.2 Å². The van der Waals surface area contributed by atoms with Crippen molar-refractivity contribution in [2.24, 2.45) is 4.99 Å². The number of rotatable bonds is 9. The SMILES string of the molecule is C=CCc1cc(CNC(=NC)NCCc2ccccc2F)cc(OC)c1OC.I. The van der Waals surface area contributed by atoms with Gasteiger partial charge in [0.25, 0.3) is 0 Å². The van der Waals surface area contributed by atoms with Crippen molar-refractivity contribution in [3.05, 3.63) is 71.6 Å². The van der Waals surface area contributed by atoms with Crippen molar-refractivity contribution in [2.45, 2.75) is 19.4 Å². The third-order valence-corrected chi connectivity index (χ3v) is 4.31. The van der Waals surface area contributed by atoms with Gasteiger partial charge in [-0.1, -0.05) is 24.3 Å². The smallest absolute Gasteiger partial charge is 0.191 e. The molecule has 0 heterocycles. The molecule has 2 aromatic carbocycles. The summed E-state index contributed by atoms with van der Waals surface area (Å²) in [6.07, 6.45) is 3.09. The Morgan fingerprint density at radius 1 is 1.14 bits per heavy atom. The maximum atomic E-state index is 13.7. The van der Waals surface area contributed by atoms with Crippen LogP contribution >= 0.6 is 24.0 Å². The Morgan fingerprint density at radius 2 is 1.90 bits per heavy atom. The molecule has 0 unspecified atom stereocenters. The van der Waals surface area contributed by atoms with Crippen molar-refractivity contribution >= 4 is 29.9 Å². The van der Waals surface area contributed by atoms with Gasteiger partial charge in [0.2, 0.25) is 0 Å². The maximum Gasteiger partial charge on any atom is 0.191 e. The van der Waals surface area contributed by atoms with Crippen molar-refractivity contribution in [2.75, 3.05) is 27.8 Å². The summed E-state index contributed by atoms with van der Waals surface area (Å²) in [4.78, 5) is 4.22. The Kier molecular flexibility index (Phi) is 11.1. The third-order valence-electron chi connectivity index (χ3n) is 4.31. The summed E-state index contributed by atoms with van der Waals surface area (Å²) in [6.45, 7) is 4.94. The first-order valence-electron chi connectivity index (χ1n) is 9.15. The van der Waals surface area contributed by atoms with Crippen molar-refractivity contribution in [1.82, 2.24) is 10.6 Å². The molecule has 0 fully saturated rings. The predicted octanol–water partition coefficient (Wildman–Crippen LogP) is 4.10. The number of aliphatic imine (C=N–C) groups is 1. The number of nitrogens with one attached hydrogen (secondary N) is 2. The van der Waals surface area contributed by atoms with Crippen LogP contribution in [0.2, 0.25) is 0 Å². The lowest BCUT2D eigenvalue weighted by molar-refractivity contribution is 0.352. The van der Waals surface area contributed by atoms with Gasteiger partial charge in [-0.2, -0.15) is 0 Å². The summed E-state index contributed by atoms with van der Waals surface area (Å²) in [5.41, 5.74) is 2.72. The monoisotopic (exact) mass is 513 g/mol. The number of ether oxygens (including phenoxy) is 2. The van der Waals surface area contributed by atoms with E-state index in [9.17, 15) is 4.39 Å². The van der Waals surface area contributed by atoms with Crippen LogP contribution in [0.4, 0.5) is 4.39 Å². The molecule has 0 spiro atoms. The van der Waals surface area contributed by atoms with Crippen LogP contribution < -0.4 is 20.1 Å². The highest BCUT2D eigenvalue weighted by Gasteiger charge is 2.12. The summed E-state index contributed by atoms with van der Waals surface area (Å²) in [6, 6.07) is 10.8. The molecule has 2 aromatic rings. The highest BCUT2D eigenvalue weighted by atomic mass is 127. The summed E-state index contributed by atoms with van der Waals surface area (Å²) >= 11 is 0. The van der Waals surface area contributed by atoms with E-state index in [4.69, 9.17) is 9.47 Å². The Morgan fingerprint density at radius 3 is 2.52 bits per heavy atom. The molecule has 2 rings (SSSR count). The zero-order valence-electron chi connectivity index (χ0n) is 17.1. The quantitative estimate of drug-likeness (QED) is 0.230. The van der Waals surface area contributed by atoms with Crippen LogP contribution in [-0.2, 0) is 19.4 Å². The summed E-state index contributed by atoms with van der Waals surface area (Å²) in [7, 11) is 4.95. The van der Waals surface area contributed by atoms with Crippen molar-refractivity contribution < 1.29 is 13.9 Å². The maximum absolute atomic E-state index is 13.7. The van der Waals surface area contributed by atoms with Crippen LogP contribution in [0.5, 0.6) is 11.5 Å². The third kappa shape index (κ3) is 7.23. The van der Waals surface area contributed by atoms with Gasteiger partial charge in [0.1, 0.15) is 5.82 Å². The molecule has 0 aliphatic heterocycles. The summed E-state index contributed by atoms with van der Waals surface area (Å²) < 4.78 is 24.6. The zero-order valence-corrected chi connectivity index (χ0v) is 19.5. The van der Waals surface area contributed by atoms with Gasteiger partial charge in [0.05, 0.1) is 14.2 Å². The van der Waals surface area contributed by atoms with Crippen LogP contribution in [0.15, 0.2) is 54.0 Å². The fraction of sp³-hybridized carbons (Fsp3) is 0.318. The first-order valence-corrected chi connectivity index (χ1v) is 9.15. The van der Waals surface area contributed by atoms with Gasteiger partial charge in [-0.05, 0) is 42.2 Å². The summed E-state index contributed by atoms with van der Waals surface area (Å²) in [5.74, 6) is 1.86. The molecule has 0 amide bonds. The minimum absolute atomic E-state index is 0. The van der Waals surface area contributed by atoms with Crippen molar-refractivity contribution in [3.8, 4) is 11.5 Å². The molecule has 0 atom stereocenters. The van der Waals surface area contributed by atoms with E-state index in [2.05, 4.69) is 28.3 Å². The lowest BCUT2D eigenvalue weighted by Gasteiger charge is -2.16. The average molecular weight is 513 g/mol. The molecule has 0 aromatic heterocycles. The first kappa shape index (κ1) is 24.7. The Bertz CT molecular complexity index is 828. The van der Waals surface area contributed by atoms with Gasteiger partial charge in [0, 0.05) is 25.7 Å². The number of allylic oxidation sites excluding steroid dienone is 1. The highest BCUT2D eigenvalue weighted by Crippen LogP contribution is 2.33. The number of guanidine groups is 1. The molecule has 2 N–H and O–H groups in total. The van der Waals surface area contributed by atoms with E-state index in [1.165, 1.54) is 6.07 Å². The van der Waals surface area contributed by atoms with Crippen molar-refractivity contribution in [1.29, 1.82) is 0 Å². The number of halogens is 2. The Balaban J connectivity index is 0.00000420. The van der Waals surface area contributed by atoms with Crippen molar-refractivity contribution in [3.63, 3.8) is 0 Å². The number of hydrogen-bond donors (Lipinski definition) is 2. The number of methoxy groups -OCH3 is 2. The van der Waals surface area contributed by atoms with E-state index in [1.54, 1.807) is 33.4 Å². The number of benzene rings is 2. The number of hydrogen-bond acceptors (Lipinski definition) is 3. The average Bonchev–Trinajstić information content (AvgIpc) is 2.71. The van der Waals surface area contributed by atoms with Gasteiger partial charge in [-0.15, -0.1) is 30.6 Å². The van der Waals surface area contributed by atoms with Gasteiger partial charge >= 0.3 is 0 Å². The zero-order chi connectivity index (χ0) is 20.4. The molecule has 7 heteroatoms. The molecular weight excluding hydrogens is 484 g/mol. The van der Waals surface area contributed by atoms with Gasteiger partial charge in [0.15, 0.2) is 17.5 Å². The van der Waals surface area contributed by atoms with E-state index >= 15 is 0 Å². The van der Waals surface area contributed by atoms with Gasteiger partial charge in [-0.25, -0.2) is 4.39 Å². The van der Waals surface area contributed by atoms with E-state index in [0.717, 1.165) is 16.9 Å². The molecule has 0 aliphatic carbocycles. The van der Waals surface area contributed by atoms with E-state index in [-0.39, 0.29) is 29.8 Å². The Hall–Kier alpha value is -2.29. The van der Waals surface area contributed by atoms with Gasteiger partial charge < -0.3 is 20.1 Å². The second kappa shape index (κ2) is 13.0. The highest BCUT2D eigenvalue weighted by molar-refractivity contribution is 14.0. The molecule has 0 saturated heterocycles. The lowest BCUT2D eigenvalue weighted by atomic mass is 10.1. The molecule has 0 aliphatic rings.